The molecule has 1 N–H and O–H groups in total. The van der Waals surface area contributed by atoms with E-state index in [9.17, 15) is 0 Å². The second-order valence-corrected chi connectivity index (χ2v) is 8.72. The van der Waals surface area contributed by atoms with Crippen molar-refractivity contribution in [2.24, 2.45) is 0 Å². The van der Waals surface area contributed by atoms with Gasteiger partial charge in [-0.3, -0.25) is 4.90 Å². The van der Waals surface area contributed by atoms with Gasteiger partial charge in [0.25, 0.3) is 0 Å². The predicted molar refractivity (Wildman–Crippen MR) is 90.0 cm³/mol. The molecule has 1 aromatic heterocycles. The first-order valence-electron chi connectivity index (χ1n) is 8.33. The second-order valence-electron chi connectivity index (χ2n) is 7.86. The molecule has 1 aromatic rings. The molecule has 0 amide bonds. The molecule has 21 heavy (non-hydrogen) atoms. The van der Waals surface area contributed by atoms with Crippen LogP contribution in [0.25, 0.3) is 0 Å². The zero-order chi connectivity index (χ0) is 15.3. The molecule has 2 heterocycles. The van der Waals surface area contributed by atoms with Gasteiger partial charge in [-0.25, -0.2) is 4.98 Å². The van der Waals surface area contributed by atoms with E-state index in [1.807, 2.05) is 11.3 Å². The SMILES string of the molecule is CCNC1(c2nc(C(C)(C)C)cs2)CC(C)N(C2CC2)C1. The molecule has 0 spiro atoms. The van der Waals surface area contributed by atoms with Crippen molar-refractivity contribution in [2.75, 3.05) is 13.1 Å². The van der Waals surface area contributed by atoms with Crippen LogP contribution in [0.2, 0.25) is 0 Å². The van der Waals surface area contributed by atoms with Crippen LogP contribution < -0.4 is 5.32 Å². The van der Waals surface area contributed by atoms with Gasteiger partial charge in [-0.05, 0) is 32.7 Å². The third kappa shape index (κ3) is 2.90. The van der Waals surface area contributed by atoms with Crippen LogP contribution >= 0.6 is 11.3 Å². The van der Waals surface area contributed by atoms with Gasteiger partial charge in [0, 0.05) is 29.4 Å². The van der Waals surface area contributed by atoms with Gasteiger partial charge in [0.1, 0.15) is 5.01 Å². The summed E-state index contributed by atoms with van der Waals surface area (Å²) in [5.41, 5.74) is 1.45. The average molecular weight is 308 g/mol. The van der Waals surface area contributed by atoms with Crippen molar-refractivity contribution in [2.45, 2.75) is 76.9 Å². The number of hydrogen-bond acceptors (Lipinski definition) is 4. The van der Waals surface area contributed by atoms with E-state index in [4.69, 9.17) is 4.98 Å². The molecule has 1 aliphatic heterocycles. The number of aromatic nitrogens is 1. The van der Waals surface area contributed by atoms with Crippen LogP contribution in [0.1, 0.15) is 64.6 Å². The number of thiazole rings is 1. The molecule has 3 nitrogen and oxygen atoms in total. The van der Waals surface area contributed by atoms with Crippen LogP contribution in [0.5, 0.6) is 0 Å². The summed E-state index contributed by atoms with van der Waals surface area (Å²) in [6.45, 7) is 13.5. The van der Waals surface area contributed by atoms with Gasteiger partial charge in [0.2, 0.25) is 0 Å². The molecule has 3 rings (SSSR count). The van der Waals surface area contributed by atoms with E-state index in [0.29, 0.717) is 6.04 Å². The lowest BCUT2D eigenvalue weighted by molar-refractivity contribution is 0.241. The third-order valence-electron chi connectivity index (χ3n) is 4.88. The molecule has 1 saturated heterocycles. The largest absolute Gasteiger partial charge is 0.305 e. The zero-order valence-electron chi connectivity index (χ0n) is 14.1. The molecule has 1 aliphatic carbocycles. The topological polar surface area (TPSA) is 28.2 Å². The number of rotatable bonds is 4. The molecule has 2 unspecified atom stereocenters. The molecule has 0 radical (unpaired) electrons. The maximum absolute atomic E-state index is 5.03. The van der Waals surface area contributed by atoms with E-state index in [0.717, 1.165) is 19.1 Å². The molecular formula is C17H29N3S. The lowest BCUT2D eigenvalue weighted by atomic mass is 9.92. The van der Waals surface area contributed by atoms with E-state index >= 15 is 0 Å². The fraction of sp³-hybridized carbons (Fsp3) is 0.824. The number of nitrogens with zero attached hydrogens (tertiary/aromatic N) is 2. The lowest BCUT2D eigenvalue weighted by Crippen LogP contribution is -2.45. The van der Waals surface area contributed by atoms with E-state index < -0.39 is 0 Å². The Morgan fingerprint density at radius 2 is 2.14 bits per heavy atom. The Hall–Kier alpha value is -0.450. The van der Waals surface area contributed by atoms with Crippen LogP contribution in [-0.2, 0) is 11.0 Å². The highest BCUT2D eigenvalue weighted by atomic mass is 32.1. The highest BCUT2D eigenvalue weighted by Gasteiger charge is 2.49. The van der Waals surface area contributed by atoms with Crippen molar-refractivity contribution in [1.29, 1.82) is 0 Å². The third-order valence-corrected chi connectivity index (χ3v) is 5.92. The Labute approximate surface area is 133 Å². The fourth-order valence-corrected chi connectivity index (χ4v) is 4.81. The summed E-state index contributed by atoms with van der Waals surface area (Å²) in [6, 6.07) is 1.50. The summed E-state index contributed by atoms with van der Waals surface area (Å²) < 4.78 is 0. The second kappa shape index (κ2) is 5.32. The number of likely N-dealkylation sites (tertiary alicyclic amines) is 1. The standard InChI is InChI=1S/C17H29N3S/c1-6-18-17(9-12(2)20(11-17)13-7-8-13)15-19-14(10-21-15)16(3,4)5/h10,12-13,18H,6-9,11H2,1-5H3. The van der Waals surface area contributed by atoms with Crippen molar-refractivity contribution in [3.63, 3.8) is 0 Å². The highest BCUT2D eigenvalue weighted by molar-refractivity contribution is 7.09. The van der Waals surface area contributed by atoms with Gasteiger partial charge in [0.15, 0.2) is 0 Å². The normalized spacial score (nSPS) is 31.0. The predicted octanol–water partition coefficient (Wildman–Crippen LogP) is 3.50. The van der Waals surface area contributed by atoms with Crippen LogP contribution in [0.15, 0.2) is 5.38 Å². The van der Waals surface area contributed by atoms with E-state index in [1.54, 1.807) is 0 Å². The van der Waals surface area contributed by atoms with Crippen LogP contribution in [0.4, 0.5) is 0 Å². The molecule has 2 atom stereocenters. The Bertz CT molecular complexity index is 500. The Balaban J connectivity index is 1.89. The maximum Gasteiger partial charge on any atom is 0.114 e. The van der Waals surface area contributed by atoms with Crippen molar-refractivity contribution < 1.29 is 0 Å². The summed E-state index contributed by atoms with van der Waals surface area (Å²) in [6.07, 6.45) is 3.96. The molecule has 0 bridgehead atoms. The first kappa shape index (κ1) is 15.4. The maximum atomic E-state index is 5.03. The van der Waals surface area contributed by atoms with Crippen LogP contribution in [-0.4, -0.2) is 35.1 Å². The number of hydrogen-bond donors (Lipinski definition) is 1. The first-order valence-corrected chi connectivity index (χ1v) is 9.21. The van der Waals surface area contributed by atoms with Crippen molar-refractivity contribution in [1.82, 2.24) is 15.2 Å². The highest BCUT2D eigenvalue weighted by Crippen LogP contribution is 2.43. The molecule has 2 fully saturated rings. The molecule has 118 valence electrons. The van der Waals surface area contributed by atoms with Gasteiger partial charge >= 0.3 is 0 Å². The minimum Gasteiger partial charge on any atom is -0.305 e. The molecule has 2 aliphatic rings. The number of nitrogens with one attached hydrogen (secondary N) is 1. The Morgan fingerprint density at radius 1 is 1.43 bits per heavy atom. The summed E-state index contributed by atoms with van der Waals surface area (Å²) in [5.74, 6) is 0. The molecular weight excluding hydrogens is 278 g/mol. The van der Waals surface area contributed by atoms with Gasteiger partial charge < -0.3 is 5.32 Å². The minimum atomic E-state index is 0.0743. The Kier molecular flexibility index (Phi) is 3.92. The molecule has 1 saturated carbocycles. The summed E-state index contributed by atoms with van der Waals surface area (Å²) in [4.78, 5) is 7.74. The first-order chi connectivity index (χ1) is 9.86. The van der Waals surface area contributed by atoms with E-state index in [2.05, 4.69) is 50.2 Å². The molecule has 4 heteroatoms. The smallest absolute Gasteiger partial charge is 0.114 e. The summed E-state index contributed by atoms with van der Waals surface area (Å²) in [7, 11) is 0. The van der Waals surface area contributed by atoms with E-state index in [1.165, 1.54) is 30.0 Å². The summed E-state index contributed by atoms with van der Waals surface area (Å²) in [5, 5.41) is 7.35. The minimum absolute atomic E-state index is 0.0743. The van der Waals surface area contributed by atoms with Gasteiger partial charge in [-0.1, -0.05) is 27.7 Å². The monoisotopic (exact) mass is 307 g/mol. The van der Waals surface area contributed by atoms with Crippen LogP contribution in [0.3, 0.4) is 0 Å². The van der Waals surface area contributed by atoms with Crippen molar-refractivity contribution >= 4 is 11.3 Å². The van der Waals surface area contributed by atoms with Crippen molar-refractivity contribution in [3.05, 3.63) is 16.1 Å². The Morgan fingerprint density at radius 3 is 2.67 bits per heavy atom. The quantitative estimate of drug-likeness (QED) is 0.923. The average Bonchev–Trinajstić information content (AvgIpc) is 2.98. The van der Waals surface area contributed by atoms with Crippen molar-refractivity contribution in [3.8, 4) is 0 Å². The van der Waals surface area contributed by atoms with Crippen LogP contribution in [0, 0.1) is 0 Å². The van der Waals surface area contributed by atoms with Gasteiger partial charge in [0.05, 0.1) is 11.2 Å². The summed E-state index contributed by atoms with van der Waals surface area (Å²) >= 11 is 1.85. The number of likely N-dealkylation sites (N-methyl/N-ethyl adjacent to an activating group) is 1. The van der Waals surface area contributed by atoms with E-state index in [-0.39, 0.29) is 11.0 Å². The van der Waals surface area contributed by atoms with Gasteiger partial charge in [-0.15, -0.1) is 11.3 Å². The zero-order valence-corrected chi connectivity index (χ0v) is 14.9. The molecule has 0 aromatic carbocycles. The fourth-order valence-electron chi connectivity index (χ4n) is 3.58. The lowest BCUT2D eigenvalue weighted by Gasteiger charge is -2.28. The van der Waals surface area contributed by atoms with Gasteiger partial charge in [-0.2, -0.15) is 0 Å².